The Hall–Kier alpha value is -1.61. The summed E-state index contributed by atoms with van der Waals surface area (Å²) in [6.45, 7) is 3.59. The summed E-state index contributed by atoms with van der Waals surface area (Å²) in [7, 11) is 0. The first-order chi connectivity index (χ1) is 7.81. The second-order valence-corrected chi connectivity index (χ2v) is 3.94. The molecule has 0 aliphatic rings. The van der Waals surface area contributed by atoms with E-state index in [1.54, 1.807) is 0 Å². The maximum atomic E-state index is 5.61. The van der Waals surface area contributed by atoms with E-state index in [0.717, 1.165) is 13.0 Å². The Labute approximate surface area is 95.9 Å². The van der Waals surface area contributed by atoms with Gasteiger partial charge in [-0.15, -0.1) is 0 Å². The number of rotatable bonds is 4. The summed E-state index contributed by atoms with van der Waals surface area (Å²) in [4.78, 5) is 0. The molecule has 0 aliphatic heterocycles. The van der Waals surface area contributed by atoms with E-state index in [0.29, 0.717) is 6.54 Å². The number of aromatic nitrogens is 2. The van der Waals surface area contributed by atoms with Crippen LogP contribution in [0.4, 0.5) is 0 Å². The maximum absolute atomic E-state index is 5.61. The Balaban J connectivity index is 2.24. The predicted molar refractivity (Wildman–Crippen MR) is 65.3 cm³/mol. The van der Waals surface area contributed by atoms with E-state index < -0.39 is 0 Å². The zero-order chi connectivity index (χ0) is 11.4. The Morgan fingerprint density at radius 1 is 1.19 bits per heavy atom. The molecule has 84 valence electrons. The average molecular weight is 215 g/mol. The van der Waals surface area contributed by atoms with E-state index >= 15 is 0 Å². The van der Waals surface area contributed by atoms with Crippen LogP contribution in [0.3, 0.4) is 0 Å². The minimum Gasteiger partial charge on any atom is -0.330 e. The highest BCUT2D eigenvalue weighted by Crippen LogP contribution is 2.11. The van der Waals surface area contributed by atoms with Crippen molar-refractivity contribution in [2.75, 3.05) is 6.54 Å². The van der Waals surface area contributed by atoms with Gasteiger partial charge in [-0.2, -0.15) is 5.10 Å². The van der Waals surface area contributed by atoms with Crippen molar-refractivity contribution in [2.24, 2.45) is 5.73 Å². The van der Waals surface area contributed by atoms with Crippen molar-refractivity contribution >= 4 is 0 Å². The molecular weight excluding hydrogens is 198 g/mol. The smallest absolute Gasteiger partial charge is 0.0665 e. The number of benzene rings is 1. The van der Waals surface area contributed by atoms with E-state index in [-0.39, 0.29) is 0 Å². The van der Waals surface area contributed by atoms with Crippen LogP contribution in [0.25, 0.3) is 0 Å². The molecule has 0 saturated carbocycles. The molecule has 2 N–H and O–H groups in total. The lowest BCUT2D eigenvalue weighted by Gasteiger charge is -2.09. The first-order valence-electron chi connectivity index (χ1n) is 5.56. The van der Waals surface area contributed by atoms with Gasteiger partial charge in [-0.1, -0.05) is 24.3 Å². The first-order valence-corrected chi connectivity index (χ1v) is 5.56. The van der Waals surface area contributed by atoms with E-state index in [9.17, 15) is 0 Å². The van der Waals surface area contributed by atoms with Crippen molar-refractivity contribution in [2.45, 2.75) is 19.9 Å². The van der Waals surface area contributed by atoms with E-state index in [1.807, 2.05) is 16.9 Å². The molecule has 1 aromatic heterocycles. The topological polar surface area (TPSA) is 43.8 Å². The molecule has 0 spiro atoms. The highest BCUT2D eigenvalue weighted by molar-refractivity contribution is 5.27. The van der Waals surface area contributed by atoms with Crippen LogP contribution in [0.15, 0.2) is 36.5 Å². The van der Waals surface area contributed by atoms with Crippen molar-refractivity contribution in [3.8, 4) is 0 Å². The molecule has 16 heavy (non-hydrogen) atoms. The molecule has 0 fully saturated rings. The number of hydrogen-bond acceptors (Lipinski definition) is 2. The quantitative estimate of drug-likeness (QED) is 0.844. The van der Waals surface area contributed by atoms with Gasteiger partial charge in [-0.3, -0.25) is 4.68 Å². The summed E-state index contributed by atoms with van der Waals surface area (Å²) >= 11 is 0. The third-order valence-electron chi connectivity index (χ3n) is 2.78. The fourth-order valence-corrected chi connectivity index (χ4v) is 1.84. The maximum Gasteiger partial charge on any atom is 0.0665 e. The van der Waals surface area contributed by atoms with Gasteiger partial charge in [0.25, 0.3) is 0 Å². The second-order valence-electron chi connectivity index (χ2n) is 3.94. The zero-order valence-corrected chi connectivity index (χ0v) is 9.56. The Bertz CT molecular complexity index is 460. The van der Waals surface area contributed by atoms with Gasteiger partial charge >= 0.3 is 0 Å². The Kier molecular flexibility index (Phi) is 3.37. The molecule has 3 heteroatoms. The summed E-state index contributed by atoms with van der Waals surface area (Å²) in [5.74, 6) is 0. The highest BCUT2D eigenvalue weighted by Gasteiger charge is 2.03. The van der Waals surface area contributed by atoms with Crippen LogP contribution >= 0.6 is 0 Å². The Morgan fingerprint density at radius 2 is 1.94 bits per heavy atom. The molecule has 0 saturated heterocycles. The van der Waals surface area contributed by atoms with Gasteiger partial charge in [0, 0.05) is 11.9 Å². The van der Waals surface area contributed by atoms with Crippen LogP contribution in [0.5, 0.6) is 0 Å². The van der Waals surface area contributed by atoms with E-state index in [4.69, 9.17) is 5.73 Å². The van der Waals surface area contributed by atoms with Gasteiger partial charge in [0.15, 0.2) is 0 Å². The lowest BCUT2D eigenvalue weighted by atomic mass is 10.0. The van der Waals surface area contributed by atoms with Crippen LogP contribution in [0, 0.1) is 6.92 Å². The van der Waals surface area contributed by atoms with Crippen LogP contribution < -0.4 is 5.73 Å². The van der Waals surface area contributed by atoms with Gasteiger partial charge in [-0.05, 0) is 37.1 Å². The third-order valence-corrected chi connectivity index (χ3v) is 2.78. The summed E-state index contributed by atoms with van der Waals surface area (Å²) < 4.78 is 2.01. The van der Waals surface area contributed by atoms with Crippen molar-refractivity contribution in [3.63, 3.8) is 0 Å². The van der Waals surface area contributed by atoms with E-state index in [2.05, 4.69) is 36.3 Å². The second kappa shape index (κ2) is 4.94. The predicted octanol–water partition coefficient (Wildman–Crippen LogP) is 1.74. The molecule has 3 nitrogen and oxygen atoms in total. The molecule has 0 atom stereocenters. The summed E-state index contributed by atoms with van der Waals surface area (Å²) in [5, 5.41) is 4.30. The van der Waals surface area contributed by atoms with Gasteiger partial charge in [0.1, 0.15) is 0 Å². The first kappa shape index (κ1) is 10.9. The highest BCUT2D eigenvalue weighted by atomic mass is 15.3. The standard InChI is InChI=1S/C13H17N3/c1-11-7-9-15-16(11)10-13-5-3-2-4-12(13)6-8-14/h2-5,7,9H,6,8,10,14H2,1H3. The number of hydrogen-bond donors (Lipinski definition) is 1. The summed E-state index contributed by atoms with van der Waals surface area (Å²) in [6.07, 6.45) is 2.76. The van der Waals surface area contributed by atoms with Crippen LogP contribution in [-0.2, 0) is 13.0 Å². The normalized spacial score (nSPS) is 10.6. The molecule has 0 amide bonds. The van der Waals surface area contributed by atoms with Crippen molar-refractivity contribution in [1.82, 2.24) is 9.78 Å². The number of nitrogens with zero attached hydrogens (tertiary/aromatic N) is 2. The fourth-order valence-electron chi connectivity index (χ4n) is 1.84. The number of nitrogens with two attached hydrogens (primary N) is 1. The average Bonchev–Trinajstić information content (AvgIpc) is 2.68. The molecule has 1 aromatic carbocycles. The fraction of sp³-hybridized carbons (Fsp3) is 0.308. The molecule has 0 radical (unpaired) electrons. The lowest BCUT2D eigenvalue weighted by molar-refractivity contribution is 0.660. The number of aryl methyl sites for hydroxylation is 1. The summed E-state index contributed by atoms with van der Waals surface area (Å²) in [5.41, 5.74) is 9.42. The molecular formula is C13H17N3. The van der Waals surface area contributed by atoms with Gasteiger partial charge in [0.05, 0.1) is 6.54 Å². The van der Waals surface area contributed by atoms with Crippen molar-refractivity contribution in [3.05, 3.63) is 53.3 Å². The van der Waals surface area contributed by atoms with Gasteiger partial charge in [-0.25, -0.2) is 0 Å². The lowest BCUT2D eigenvalue weighted by Crippen LogP contribution is -2.09. The minimum atomic E-state index is 0.690. The Morgan fingerprint density at radius 3 is 2.56 bits per heavy atom. The molecule has 1 heterocycles. The monoisotopic (exact) mass is 215 g/mol. The minimum absolute atomic E-state index is 0.690. The SMILES string of the molecule is Cc1ccnn1Cc1ccccc1CCN. The largest absolute Gasteiger partial charge is 0.330 e. The van der Waals surface area contributed by atoms with Gasteiger partial charge in [0.2, 0.25) is 0 Å². The van der Waals surface area contributed by atoms with Crippen LogP contribution in [0.1, 0.15) is 16.8 Å². The molecule has 2 aromatic rings. The molecule has 0 unspecified atom stereocenters. The third kappa shape index (κ3) is 2.31. The van der Waals surface area contributed by atoms with Crippen molar-refractivity contribution < 1.29 is 0 Å². The zero-order valence-electron chi connectivity index (χ0n) is 9.56. The van der Waals surface area contributed by atoms with Crippen molar-refractivity contribution in [1.29, 1.82) is 0 Å². The van der Waals surface area contributed by atoms with Gasteiger partial charge < -0.3 is 5.73 Å². The summed E-state index contributed by atoms with van der Waals surface area (Å²) in [6, 6.07) is 10.4. The van der Waals surface area contributed by atoms with E-state index in [1.165, 1.54) is 16.8 Å². The van der Waals surface area contributed by atoms with Crippen LogP contribution in [0.2, 0.25) is 0 Å². The molecule has 0 bridgehead atoms. The van der Waals surface area contributed by atoms with Crippen LogP contribution in [-0.4, -0.2) is 16.3 Å². The molecule has 2 rings (SSSR count). The molecule has 0 aliphatic carbocycles.